The third-order valence-electron chi connectivity index (χ3n) is 2.70. The van der Waals surface area contributed by atoms with Gasteiger partial charge in [-0.25, -0.2) is 4.98 Å². The summed E-state index contributed by atoms with van der Waals surface area (Å²) in [5.74, 6) is 0. The molecule has 0 aliphatic carbocycles. The number of aliphatic hydroxyl groups is 1. The number of nitrogens with one attached hydrogen (secondary N) is 1. The van der Waals surface area contributed by atoms with Crippen molar-refractivity contribution < 1.29 is 34.1 Å². The number of hydrogen-bond donors (Lipinski definition) is 2. The summed E-state index contributed by atoms with van der Waals surface area (Å²) in [5.41, 5.74) is 9.14. The average molecular weight is 354 g/mol. The van der Waals surface area contributed by atoms with Gasteiger partial charge in [0, 0.05) is 19.2 Å². The first-order valence-electron chi connectivity index (χ1n) is 5.39. The van der Waals surface area contributed by atoms with E-state index >= 15 is 0 Å². The van der Waals surface area contributed by atoms with Crippen molar-refractivity contribution in [3.8, 4) is 0 Å². The van der Waals surface area contributed by atoms with E-state index in [2.05, 4.69) is 4.98 Å². The number of rotatable bonds is 0. The van der Waals surface area contributed by atoms with Gasteiger partial charge < -0.3 is 34.8 Å². The summed E-state index contributed by atoms with van der Waals surface area (Å²) in [4.78, 5) is 3.37. The molecule has 0 fully saturated rings. The van der Waals surface area contributed by atoms with Crippen LogP contribution >= 0.6 is 0 Å². The largest absolute Gasteiger partial charge is 1.00 e. The Hall–Kier alpha value is -1.40. The lowest BCUT2D eigenvalue weighted by Crippen LogP contribution is -3.00. The SMILES string of the molecule is CO.Nc1c2ccccc2[nH+]c2ccccc12.[I-]. The minimum atomic E-state index is 0. The number of aliphatic hydroxyl groups excluding tert-OH is 1. The van der Waals surface area contributed by atoms with Crippen LogP contribution in [0.25, 0.3) is 21.8 Å². The predicted octanol–water partition coefficient (Wildman–Crippen LogP) is -0.998. The van der Waals surface area contributed by atoms with Crippen LogP contribution in [0.3, 0.4) is 0 Å². The topological polar surface area (TPSA) is 60.4 Å². The van der Waals surface area contributed by atoms with Crippen molar-refractivity contribution in [3.63, 3.8) is 0 Å². The minimum absolute atomic E-state index is 0. The number of benzene rings is 2. The lowest BCUT2D eigenvalue weighted by molar-refractivity contribution is -0.310. The third kappa shape index (κ3) is 2.54. The van der Waals surface area contributed by atoms with Crippen LogP contribution in [-0.4, -0.2) is 12.2 Å². The number of halogens is 1. The molecule has 0 bridgehead atoms. The van der Waals surface area contributed by atoms with Gasteiger partial charge in [-0.05, 0) is 12.1 Å². The first kappa shape index (κ1) is 14.7. The maximum absolute atomic E-state index is 7.00. The van der Waals surface area contributed by atoms with E-state index in [1.165, 1.54) is 0 Å². The Morgan fingerprint density at radius 1 is 0.833 bits per heavy atom. The summed E-state index contributed by atoms with van der Waals surface area (Å²) in [5, 5.41) is 9.16. The summed E-state index contributed by atoms with van der Waals surface area (Å²) in [6.07, 6.45) is 0. The van der Waals surface area contributed by atoms with Crippen molar-refractivity contribution in [1.29, 1.82) is 0 Å². The fraction of sp³-hybridized carbons (Fsp3) is 0.0714. The van der Waals surface area contributed by atoms with Crippen LogP contribution in [-0.2, 0) is 0 Å². The monoisotopic (exact) mass is 354 g/mol. The average Bonchev–Trinajstić information content (AvgIpc) is 2.41. The van der Waals surface area contributed by atoms with Gasteiger partial charge in [-0.2, -0.15) is 0 Å². The molecule has 3 nitrogen and oxygen atoms in total. The van der Waals surface area contributed by atoms with Crippen LogP contribution in [0.4, 0.5) is 5.69 Å². The molecule has 4 N–H and O–H groups in total. The second-order valence-electron chi connectivity index (χ2n) is 3.63. The molecule has 0 saturated heterocycles. The zero-order chi connectivity index (χ0) is 12.3. The number of aromatic nitrogens is 1. The Balaban J connectivity index is 0.000000516. The Kier molecular flexibility index (Phi) is 5.30. The van der Waals surface area contributed by atoms with E-state index in [1.54, 1.807) is 0 Å². The van der Waals surface area contributed by atoms with Crippen LogP contribution in [0.5, 0.6) is 0 Å². The van der Waals surface area contributed by atoms with Crippen molar-refractivity contribution in [2.45, 2.75) is 0 Å². The number of pyridine rings is 1. The first-order valence-corrected chi connectivity index (χ1v) is 5.39. The zero-order valence-corrected chi connectivity index (χ0v) is 12.2. The van der Waals surface area contributed by atoms with Gasteiger partial charge in [0.2, 0.25) is 11.0 Å². The van der Waals surface area contributed by atoms with Crippen LogP contribution in [0, 0.1) is 0 Å². The van der Waals surface area contributed by atoms with Gasteiger partial charge in [-0.3, -0.25) is 0 Å². The van der Waals surface area contributed by atoms with Crippen molar-refractivity contribution in [2.75, 3.05) is 12.8 Å². The molecule has 2 aromatic carbocycles. The number of H-pyrrole nitrogens is 1. The molecule has 3 rings (SSSR count). The number of fused-ring (bicyclic) bond motifs is 2. The molecule has 0 unspecified atom stereocenters. The Morgan fingerprint density at radius 3 is 1.67 bits per heavy atom. The van der Waals surface area contributed by atoms with Gasteiger partial charge in [0.1, 0.15) is 0 Å². The van der Waals surface area contributed by atoms with E-state index in [0.29, 0.717) is 0 Å². The Morgan fingerprint density at radius 2 is 1.22 bits per heavy atom. The van der Waals surface area contributed by atoms with E-state index in [-0.39, 0.29) is 24.0 Å². The van der Waals surface area contributed by atoms with Crippen LogP contribution in [0.1, 0.15) is 0 Å². The molecular weight excluding hydrogens is 339 g/mol. The van der Waals surface area contributed by atoms with E-state index in [4.69, 9.17) is 10.8 Å². The van der Waals surface area contributed by atoms with Crippen molar-refractivity contribution in [2.24, 2.45) is 0 Å². The van der Waals surface area contributed by atoms with E-state index in [1.807, 2.05) is 48.5 Å². The van der Waals surface area contributed by atoms with E-state index in [9.17, 15) is 0 Å². The highest BCUT2D eigenvalue weighted by atomic mass is 127. The highest BCUT2D eigenvalue weighted by molar-refractivity contribution is 6.03. The normalized spacial score (nSPS) is 9.44. The van der Waals surface area contributed by atoms with Gasteiger partial charge in [-0.1, -0.05) is 24.3 Å². The lowest BCUT2D eigenvalue weighted by Gasteiger charge is -2.00. The van der Waals surface area contributed by atoms with Gasteiger partial charge in [0.25, 0.3) is 0 Å². The molecular formula is C14H15IN2O. The standard InChI is InChI=1S/C13H10N2.CH4O.HI/c14-13-9-5-1-3-7-11(9)15-12-8-4-2-6-10(12)13;1-2;/h1-8H,(H2,14,15);2H,1H3;1H. The van der Waals surface area contributed by atoms with Gasteiger partial charge >= 0.3 is 0 Å². The molecule has 4 heteroatoms. The molecule has 0 aliphatic rings. The fourth-order valence-corrected chi connectivity index (χ4v) is 1.94. The molecule has 0 aliphatic heterocycles. The summed E-state index contributed by atoms with van der Waals surface area (Å²) < 4.78 is 0. The molecule has 0 atom stereocenters. The van der Waals surface area contributed by atoms with Crippen molar-refractivity contribution >= 4 is 27.5 Å². The van der Waals surface area contributed by atoms with Gasteiger partial charge in [0.15, 0.2) is 0 Å². The maximum Gasteiger partial charge on any atom is 0.213 e. The summed E-state index contributed by atoms with van der Waals surface area (Å²) >= 11 is 0. The smallest absolute Gasteiger partial charge is 0.213 e. The Labute approximate surface area is 123 Å². The molecule has 0 spiro atoms. The lowest BCUT2D eigenvalue weighted by atomic mass is 10.1. The number of nitrogens with two attached hydrogens (primary N) is 1. The van der Waals surface area contributed by atoms with E-state index < -0.39 is 0 Å². The number of anilines is 1. The number of aromatic amines is 1. The molecule has 0 amide bonds. The molecule has 3 aromatic rings. The summed E-state index contributed by atoms with van der Waals surface area (Å²) in [6.45, 7) is 0. The molecule has 0 radical (unpaired) electrons. The second kappa shape index (κ2) is 6.51. The predicted molar refractivity (Wildman–Crippen MR) is 70.6 cm³/mol. The first-order chi connectivity index (χ1) is 8.36. The quantitative estimate of drug-likeness (QED) is 0.402. The van der Waals surface area contributed by atoms with E-state index in [0.717, 1.165) is 34.6 Å². The van der Waals surface area contributed by atoms with Gasteiger partial charge in [0.05, 0.1) is 16.5 Å². The number of para-hydroxylation sites is 2. The third-order valence-corrected chi connectivity index (χ3v) is 2.70. The summed E-state index contributed by atoms with van der Waals surface area (Å²) in [6, 6.07) is 16.2. The van der Waals surface area contributed by atoms with Crippen molar-refractivity contribution in [3.05, 3.63) is 48.5 Å². The second-order valence-corrected chi connectivity index (χ2v) is 3.63. The molecule has 18 heavy (non-hydrogen) atoms. The van der Waals surface area contributed by atoms with Crippen LogP contribution in [0.15, 0.2) is 48.5 Å². The molecule has 0 saturated carbocycles. The number of hydrogen-bond acceptors (Lipinski definition) is 2. The molecule has 1 heterocycles. The minimum Gasteiger partial charge on any atom is -1.00 e. The van der Waals surface area contributed by atoms with Crippen molar-refractivity contribution in [1.82, 2.24) is 0 Å². The van der Waals surface area contributed by atoms with Crippen LogP contribution in [0.2, 0.25) is 0 Å². The van der Waals surface area contributed by atoms with Crippen LogP contribution < -0.4 is 34.7 Å². The fourth-order valence-electron chi connectivity index (χ4n) is 1.94. The number of nitrogen functional groups attached to an aromatic ring is 1. The highest BCUT2D eigenvalue weighted by Gasteiger charge is 2.09. The molecule has 1 aromatic heterocycles. The Bertz CT molecular complexity index is 601. The highest BCUT2D eigenvalue weighted by Crippen LogP contribution is 2.24. The summed E-state index contributed by atoms with van der Waals surface area (Å²) in [7, 11) is 1.00. The zero-order valence-electron chi connectivity index (χ0n) is 10.0. The molecule has 94 valence electrons. The van der Waals surface area contributed by atoms with Gasteiger partial charge in [-0.15, -0.1) is 0 Å². The maximum atomic E-state index is 7.00.